The van der Waals surface area contributed by atoms with Gasteiger partial charge in [0.15, 0.2) is 0 Å². The van der Waals surface area contributed by atoms with Crippen molar-refractivity contribution >= 4 is 11.6 Å². The average Bonchev–Trinajstić information content (AvgIpc) is 2.44. The molecule has 0 amide bonds. The number of benzene rings is 1. The van der Waals surface area contributed by atoms with Crippen molar-refractivity contribution in [3.05, 3.63) is 34.3 Å². The van der Waals surface area contributed by atoms with Crippen LogP contribution in [0.4, 0.5) is 0 Å². The third kappa shape index (κ3) is 3.31. The summed E-state index contributed by atoms with van der Waals surface area (Å²) in [7, 11) is 0. The van der Waals surface area contributed by atoms with Gasteiger partial charge in [-0.15, -0.1) is 0 Å². The predicted octanol–water partition coefficient (Wildman–Crippen LogP) is 3.91. The zero-order valence-corrected chi connectivity index (χ0v) is 12.8. The van der Waals surface area contributed by atoms with Crippen LogP contribution >= 0.6 is 11.6 Å². The monoisotopic (exact) mass is 280 g/mol. The molecule has 19 heavy (non-hydrogen) atoms. The fourth-order valence-corrected chi connectivity index (χ4v) is 3.34. The Labute approximate surface area is 121 Å². The van der Waals surface area contributed by atoms with Crippen molar-refractivity contribution in [2.24, 2.45) is 5.73 Å². The van der Waals surface area contributed by atoms with Crippen molar-refractivity contribution in [1.29, 1.82) is 0 Å². The molecule has 2 unspecified atom stereocenters. The summed E-state index contributed by atoms with van der Waals surface area (Å²) in [5.41, 5.74) is 8.45. The third-order valence-corrected chi connectivity index (χ3v) is 4.76. The maximum Gasteiger partial charge on any atom is 0.0473 e. The predicted molar refractivity (Wildman–Crippen MR) is 82.6 cm³/mol. The van der Waals surface area contributed by atoms with Gasteiger partial charge in [-0.25, -0.2) is 0 Å². The smallest absolute Gasteiger partial charge is 0.0473 e. The first-order valence-corrected chi connectivity index (χ1v) is 7.77. The van der Waals surface area contributed by atoms with Gasteiger partial charge in [0.05, 0.1) is 0 Å². The number of halogens is 1. The van der Waals surface area contributed by atoms with E-state index >= 15 is 0 Å². The first kappa shape index (κ1) is 14.8. The molecule has 0 saturated carbocycles. The van der Waals surface area contributed by atoms with Crippen molar-refractivity contribution in [3.8, 4) is 0 Å². The van der Waals surface area contributed by atoms with Crippen LogP contribution in [0.15, 0.2) is 18.2 Å². The first-order chi connectivity index (χ1) is 9.17. The molecule has 1 aromatic carbocycles. The topological polar surface area (TPSA) is 29.3 Å². The van der Waals surface area contributed by atoms with Gasteiger partial charge in [0.2, 0.25) is 0 Å². The van der Waals surface area contributed by atoms with Gasteiger partial charge in [0, 0.05) is 23.7 Å². The second-order valence-corrected chi connectivity index (χ2v) is 5.96. The lowest BCUT2D eigenvalue weighted by Gasteiger charge is -2.41. The SMILES string of the molecule is CCC1CCCCN1C(CN)c1ccc(C)c(Cl)c1. The van der Waals surface area contributed by atoms with Gasteiger partial charge in [-0.05, 0) is 49.9 Å². The molecule has 2 rings (SSSR count). The molecule has 0 aliphatic carbocycles. The molecule has 2 N–H and O–H groups in total. The van der Waals surface area contributed by atoms with Gasteiger partial charge < -0.3 is 5.73 Å². The van der Waals surface area contributed by atoms with Crippen LogP contribution in [0.1, 0.15) is 49.8 Å². The second kappa shape index (κ2) is 6.74. The molecular weight excluding hydrogens is 256 g/mol. The Balaban J connectivity index is 2.24. The van der Waals surface area contributed by atoms with Crippen molar-refractivity contribution in [2.45, 2.75) is 51.6 Å². The maximum absolute atomic E-state index is 6.26. The Kier molecular flexibility index (Phi) is 5.26. The van der Waals surface area contributed by atoms with E-state index < -0.39 is 0 Å². The molecule has 3 heteroatoms. The number of likely N-dealkylation sites (tertiary alicyclic amines) is 1. The van der Waals surface area contributed by atoms with Gasteiger partial charge in [-0.2, -0.15) is 0 Å². The summed E-state index contributed by atoms with van der Waals surface area (Å²) in [6.07, 6.45) is 5.14. The quantitative estimate of drug-likeness (QED) is 0.906. The van der Waals surface area contributed by atoms with E-state index in [9.17, 15) is 0 Å². The van der Waals surface area contributed by atoms with E-state index in [2.05, 4.69) is 30.0 Å². The molecule has 1 aliphatic rings. The highest BCUT2D eigenvalue weighted by molar-refractivity contribution is 6.31. The van der Waals surface area contributed by atoms with Gasteiger partial charge in [-0.1, -0.05) is 37.1 Å². The second-order valence-electron chi connectivity index (χ2n) is 5.56. The van der Waals surface area contributed by atoms with E-state index in [1.807, 2.05) is 6.92 Å². The zero-order valence-electron chi connectivity index (χ0n) is 12.0. The summed E-state index contributed by atoms with van der Waals surface area (Å²) in [6, 6.07) is 7.35. The molecular formula is C16H25ClN2. The largest absolute Gasteiger partial charge is 0.329 e. The lowest BCUT2D eigenvalue weighted by Crippen LogP contribution is -2.44. The van der Waals surface area contributed by atoms with Crippen LogP contribution in [0.2, 0.25) is 5.02 Å². The van der Waals surface area contributed by atoms with Crippen molar-refractivity contribution in [2.75, 3.05) is 13.1 Å². The number of aryl methyl sites for hydroxylation is 1. The van der Waals surface area contributed by atoms with E-state index in [1.165, 1.54) is 31.2 Å². The highest BCUT2D eigenvalue weighted by Crippen LogP contribution is 2.31. The van der Waals surface area contributed by atoms with Gasteiger partial charge >= 0.3 is 0 Å². The number of piperidine rings is 1. The number of nitrogens with two attached hydrogens (primary N) is 1. The third-order valence-electron chi connectivity index (χ3n) is 4.35. The summed E-state index contributed by atoms with van der Waals surface area (Å²) in [5.74, 6) is 0. The molecule has 1 heterocycles. The summed E-state index contributed by atoms with van der Waals surface area (Å²) in [6.45, 7) is 6.14. The van der Waals surface area contributed by atoms with Crippen LogP contribution in [0.3, 0.4) is 0 Å². The van der Waals surface area contributed by atoms with Gasteiger partial charge in [0.25, 0.3) is 0 Å². The van der Waals surface area contributed by atoms with E-state index in [0.717, 1.165) is 17.1 Å². The van der Waals surface area contributed by atoms with Crippen molar-refractivity contribution in [3.63, 3.8) is 0 Å². The summed E-state index contributed by atoms with van der Waals surface area (Å²) in [4.78, 5) is 2.59. The molecule has 0 bridgehead atoms. The minimum absolute atomic E-state index is 0.309. The molecule has 2 atom stereocenters. The highest BCUT2D eigenvalue weighted by Gasteiger charge is 2.28. The Hall–Kier alpha value is -0.570. The van der Waals surface area contributed by atoms with Crippen LogP contribution < -0.4 is 5.73 Å². The van der Waals surface area contributed by atoms with Crippen LogP contribution in [-0.2, 0) is 0 Å². The Morgan fingerprint density at radius 1 is 1.42 bits per heavy atom. The summed E-state index contributed by atoms with van der Waals surface area (Å²) < 4.78 is 0. The zero-order chi connectivity index (χ0) is 13.8. The lowest BCUT2D eigenvalue weighted by molar-refractivity contribution is 0.0949. The number of hydrogen-bond acceptors (Lipinski definition) is 2. The number of nitrogens with zero attached hydrogens (tertiary/aromatic N) is 1. The van der Waals surface area contributed by atoms with E-state index in [-0.39, 0.29) is 0 Å². The van der Waals surface area contributed by atoms with Crippen LogP contribution in [-0.4, -0.2) is 24.0 Å². The molecule has 1 aliphatic heterocycles. The van der Waals surface area contributed by atoms with E-state index in [4.69, 9.17) is 17.3 Å². The lowest BCUT2D eigenvalue weighted by atomic mass is 9.94. The Morgan fingerprint density at radius 3 is 2.84 bits per heavy atom. The molecule has 0 radical (unpaired) electrons. The summed E-state index contributed by atoms with van der Waals surface area (Å²) >= 11 is 6.26. The minimum Gasteiger partial charge on any atom is -0.329 e. The fourth-order valence-electron chi connectivity index (χ4n) is 3.15. The molecule has 0 spiro atoms. The molecule has 1 aromatic rings. The molecule has 2 nitrogen and oxygen atoms in total. The molecule has 106 valence electrons. The van der Waals surface area contributed by atoms with Crippen molar-refractivity contribution in [1.82, 2.24) is 4.90 Å². The fraction of sp³-hybridized carbons (Fsp3) is 0.625. The minimum atomic E-state index is 0.309. The van der Waals surface area contributed by atoms with E-state index in [1.54, 1.807) is 0 Å². The first-order valence-electron chi connectivity index (χ1n) is 7.39. The Bertz CT molecular complexity index is 419. The Morgan fingerprint density at radius 2 is 2.21 bits per heavy atom. The molecule has 1 fully saturated rings. The van der Waals surface area contributed by atoms with Crippen molar-refractivity contribution < 1.29 is 0 Å². The van der Waals surface area contributed by atoms with E-state index in [0.29, 0.717) is 18.6 Å². The van der Waals surface area contributed by atoms with Crippen LogP contribution in [0.5, 0.6) is 0 Å². The standard InChI is InChI=1S/C16H25ClN2/c1-3-14-6-4-5-9-19(14)16(11-18)13-8-7-12(2)15(17)10-13/h7-8,10,14,16H,3-6,9,11,18H2,1-2H3. The normalized spacial score (nSPS) is 22.4. The van der Waals surface area contributed by atoms with Gasteiger partial charge in [-0.3, -0.25) is 4.90 Å². The molecule has 1 saturated heterocycles. The van der Waals surface area contributed by atoms with Crippen LogP contribution in [0, 0.1) is 6.92 Å². The maximum atomic E-state index is 6.26. The average molecular weight is 281 g/mol. The molecule has 0 aromatic heterocycles. The highest BCUT2D eigenvalue weighted by atomic mass is 35.5. The van der Waals surface area contributed by atoms with Crippen LogP contribution in [0.25, 0.3) is 0 Å². The number of rotatable bonds is 4. The van der Waals surface area contributed by atoms with Gasteiger partial charge in [0.1, 0.15) is 0 Å². The number of hydrogen-bond donors (Lipinski definition) is 1. The summed E-state index contributed by atoms with van der Waals surface area (Å²) in [5, 5.41) is 0.848.